The number of fused-ring (bicyclic) bond motifs is 1. The molecule has 2 aliphatic rings. The topological polar surface area (TPSA) is 29.9 Å². The van der Waals surface area contributed by atoms with Crippen LogP contribution in [0, 0.1) is 11.6 Å². The maximum Gasteiger partial charge on any atom is 0.147 e. The van der Waals surface area contributed by atoms with E-state index in [4.69, 9.17) is 0 Å². The average molecular weight is 275 g/mol. The van der Waals surface area contributed by atoms with Gasteiger partial charge < -0.3 is 5.32 Å². The Kier molecular flexibility index (Phi) is 2.63. The van der Waals surface area contributed by atoms with Crippen LogP contribution >= 0.6 is 0 Å². The SMILES string of the molecule is Fc1ccc(F)c(-n2c(C3CC3)nc3c2CCNC3)c1. The van der Waals surface area contributed by atoms with E-state index in [2.05, 4.69) is 10.3 Å². The molecule has 0 atom stereocenters. The minimum atomic E-state index is -0.417. The summed E-state index contributed by atoms with van der Waals surface area (Å²) in [6.45, 7) is 1.55. The van der Waals surface area contributed by atoms with Crippen molar-refractivity contribution in [3.63, 3.8) is 0 Å². The van der Waals surface area contributed by atoms with E-state index in [0.29, 0.717) is 18.2 Å². The van der Waals surface area contributed by atoms with Crippen LogP contribution in [-0.2, 0) is 13.0 Å². The molecule has 1 aliphatic carbocycles. The molecule has 1 saturated carbocycles. The standard InChI is InChI=1S/C15H15F2N3/c16-10-3-4-11(17)14(7-10)20-13-5-6-18-8-12(13)19-15(20)9-1-2-9/h3-4,7,9,18H,1-2,5-6,8H2. The van der Waals surface area contributed by atoms with Gasteiger partial charge in [0, 0.05) is 37.2 Å². The Hall–Kier alpha value is -1.75. The summed E-state index contributed by atoms with van der Waals surface area (Å²) >= 11 is 0. The lowest BCUT2D eigenvalue weighted by atomic mass is 10.1. The number of nitrogens with zero attached hydrogens (tertiary/aromatic N) is 2. The van der Waals surface area contributed by atoms with Gasteiger partial charge in [-0.05, 0) is 25.0 Å². The number of benzene rings is 1. The molecule has 20 heavy (non-hydrogen) atoms. The number of halogens is 2. The van der Waals surface area contributed by atoms with E-state index in [-0.39, 0.29) is 0 Å². The van der Waals surface area contributed by atoms with E-state index in [0.717, 1.165) is 49.1 Å². The fourth-order valence-corrected chi connectivity index (χ4v) is 2.87. The highest BCUT2D eigenvalue weighted by molar-refractivity contribution is 5.41. The summed E-state index contributed by atoms with van der Waals surface area (Å²) < 4.78 is 29.5. The molecule has 0 radical (unpaired) electrons. The Balaban J connectivity index is 1.95. The first-order valence-electron chi connectivity index (χ1n) is 7.00. The highest BCUT2D eigenvalue weighted by atomic mass is 19.1. The van der Waals surface area contributed by atoms with Crippen molar-refractivity contribution >= 4 is 0 Å². The van der Waals surface area contributed by atoms with Crippen LogP contribution in [0.4, 0.5) is 8.78 Å². The van der Waals surface area contributed by atoms with Crippen molar-refractivity contribution in [1.29, 1.82) is 0 Å². The summed E-state index contributed by atoms with van der Waals surface area (Å²) in [6.07, 6.45) is 2.96. The molecule has 1 aromatic carbocycles. The molecule has 4 rings (SSSR count). The van der Waals surface area contributed by atoms with Crippen LogP contribution in [0.5, 0.6) is 0 Å². The quantitative estimate of drug-likeness (QED) is 0.913. The molecule has 104 valence electrons. The fourth-order valence-electron chi connectivity index (χ4n) is 2.87. The minimum absolute atomic E-state index is 0.294. The van der Waals surface area contributed by atoms with Crippen molar-refractivity contribution in [2.24, 2.45) is 0 Å². The molecule has 1 fully saturated rings. The van der Waals surface area contributed by atoms with Crippen molar-refractivity contribution in [2.75, 3.05) is 6.54 Å². The number of nitrogens with one attached hydrogen (secondary N) is 1. The largest absolute Gasteiger partial charge is 0.311 e. The van der Waals surface area contributed by atoms with E-state index in [1.807, 2.05) is 4.57 Å². The Morgan fingerprint density at radius 2 is 2.10 bits per heavy atom. The highest BCUT2D eigenvalue weighted by Crippen LogP contribution is 2.42. The molecule has 0 amide bonds. The van der Waals surface area contributed by atoms with Gasteiger partial charge in [-0.15, -0.1) is 0 Å². The molecule has 0 spiro atoms. The summed E-state index contributed by atoms with van der Waals surface area (Å²) in [7, 11) is 0. The summed E-state index contributed by atoms with van der Waals surface area (Å²) in [4.78, 5) is 4.67. The Bertz CT molecular complexity index is 674. The molecule has 2 heterocycles. The minimum Gasteiger partial charge on any atom is -0.311 e. The Morgan fingerprint density at radius 1 is 1.25 bits per heavy atom. The normalized spacial score (nSPS) is 18.1. The summed E-state index contributed by atoms with van der Waals surface area (Å²) in [6, 6.07) is 3.61. The smallest absolute Gasteiger partial charge is 0.147 e. The lowest BCUT2D eigenvalue weighted by Crippen LogP contribution is -2.25. The van der Waals surface area contributed by atoms with Crippen LogP contribution in [0.2, 0.25) is 0 Å². The predicted molar refractivity (Wildman–Crippen MR) is 70.9 cm³/mol. The van der Waals surface area contributed by atoms with Gasteiger partial charge >= 0.3 is 0 Å². The molecule has 1 aliphatic heterocycles. The van der Waals surface area contributed by atoms with E-state index in [9.17, 15) is 8.78 Å². The molecule has 3 nitrogen and oxygen atoms in total. The zero-order valence-corrected chi connectivity index (χ0v) is 11.0. The maximum absolute atomic E-state index is 14.1. The van der Waals surface area contributed by atoms with Crippen LogP contribution in [0.3, 0.4) is 0 Å². The number of hydrogen-bond acceptors (Lipinski definition) is 2. The van der Waals surface area contributed by atoms with Crippen LogP contribution in [0.1, 0.15) is 36.0 Å². The van der Waals surface area contributed by atoms with Crippen LogP contribution in [0.25, 0.3) is 5.69 Å². The van der Waals surface area contributed by atoms with Crippen molar-refractivity contribution in [3.05, 3.63) is 47.0 Å². The molecule has 0 unspecified atom stereocenters. The first-order chi connectivity index (χ1) is 9.74. The van der Waals surface area contributed by atoms with Crippen molar-refractivity contribution < 1.29 is 8.78 Å². The van der Waals surface area contributed by atoms with Gasteiger partial charge in [0.05, 0.1) is 11.4 Å². The van der Waals surface area contributed by atoms with E-state index in [1.165, 1.54) is 12.1 Å². The average Bonchev–Trinajstić information content (AvgIpc) is 3.22. The second kappa shape index (κ2) is 4.38. The Morgan fingerprint density at radius 3 is 2.90 bits per heavy atom. The van der Waals surface area contributed by atoms with Crippen LogP contribution in [-0.4, -0.2) is 16.1 Å². The third-order valence-corrected chi connectivity index (χ3v) is 4.00. The number of rotatable bonds is 2. The fraction of sp³-hybridized carbons (Fsp3) is 0.400. The molecule has 2 aromatic rings. The molecule has 1 aromatic heterocycles. The first-order valence-corrected chi connectivity index (χ1v) is 7.00. The van der Waals surface area contributed by atoms with Crippen molar-refractivity contribution in [1.82, 2.24) is 14.9 Å². The van der Waals surface area contributed by atoms with Crippen LogP contribution in [0.15, 0.2) is 18.2 Å². The highest BCUT2D eigenvalue weighted by Gasteiger charge is 2.33. The van der Waals surface area contributed by atoms with Gasteiger partial charge in [0.25, 0.3) is 0 Å². The predicted octanol–water partition coefficient (Wildman–Crippen LogP) is 2.67. The second-order valence-electron chi connectivity index (χ2n) is 5.50. The molecular formula is C15H15F2N3. The molecule has 5 heteroatoms. The summed E-state index contributed by atoms with van der Waals surface area (Å²) in [5, 5.41) is 3.27. The lowest BCUT2D eigenvalue weighted by molar-refractivity contribution is 0.581. The Labute approximate surface area is 115 Å². The van der Waals surface area contributed by atoms with Gasteiger partial charge in [0.1, 0.15) is 17.5 Å². The van der Waals surface area contributed by atoms with Gasteiger partial charge in [-0.1, -0.05) is 0 Å². The van der Waals surface area contributed by atoms with Gasteiger partial charge in [-0.25, -0.2) is 13.8 Å². The van der Waals surface area contributed by atoms with Gasteiger partial charge in [0.15, 0.2) is 0 Å². The zero-order valence-electron chi connectivity index (χ0n) is 11.0. The zero-order chi connectivity index (χ0) is 13.7. The number of hydrogen-bond donors (Lipinski definition) is 1. The van der Waals surface area contributed by atoms with Gasteiger partial charge in [-0.2, -0.15) is 0 Å². The second-order valence-corrected chi connectivity index (χ2v) is 5.50. The monoisotopic (exact) mass is 275 g/mol. The number of imidazole rings is 1. The van der Waals surface area contributed by atoms with E-state index < -0.39 is 11.6 Å². The van der Waals surface area contributed by atoms with E-state index >= 15 is 0 Å². The molecule has 1 N–H and O–H groups in total. The van der Waals surface area contributed by atoms with Crippen molar-refractivity contribution in [3.8, 4) is 5.69 Å². The van der Waals surface area contributed by atoms with Crippen molar-refractivity contribution in [2.45, 2.75) is 31.7 Å². The summed E-state index contributed by atoms with van der Waals surface area (Å²) in [5.74, 6) is 0.470. The third kappa shape index (κ3) is 1.85. The third-order valence-electron chi connectivity index (χ3n) is 4.00. The summed E-state index contributed by atoms with van der Waals surface area (Å²) in [5.41, 5.74) is 2.29. The maximum atomic E-state index is 14.1. The molecule has 0 bridgehead atoms. The number of aromatic nitrogens is 2. The first kappa shape index (κ1) is 12.0. The van der Waals surface area contributed by atoms with Gasteiger partial charge in [-0.3, -0.25) is 4.57 Å². The van der Waals surface area contributed by atoms with Gasteiger partial charge in [0.2, 0.25) is 0 Å². The molecule has 0 saturated heterocycles. The lowest BCUT2D eigenvalue weighted by Gasteiger charge is -2.16. The van der Waals surface area contributed by atoms with Crippen LogP contribution < -0.4 is 5.32 Å². The van der Waals surface area contributed by atoms with E-state index in [1.54, 1.807) is 0 Å². The molecular weight excluding hydrogens is 260 g/mol.